The topological polar surface area (TPSA) is 99.6 Å². The van der Waals surface area contributed by atoms with E-state index in [9.17, 15) is 0 Å². The van der Waals surface area contributed by atoms with Gasteiger partial charge in [-0.25, -0.2) is 0 Å². The van der Waals surface area contributed by atoms with Gasteiger partial charge in [-0.1, -0.05) is 0 Å². The summed E-state index contributed by atoms with van der Waals surface area (Å²) in [6.45, 7) is 0. The van der Waals surface area contributed by atoms with Crippen molar-refractivity contribution in [3.05, 3.63) is 10.4 Å². The molecule has 0 atom stereocenters. The van der Waals surface area contributed by atoms with Gasteiger partial charge in [-0.2, -0.15) is 10.5 Å². The van der Waals surface area contributed by atoms with Crippen molar-refractivity contribution in [2.75, 3.05) is 11.5 Å². The second-order valence-electron chi connectivity index (χ2n) is 2.57. The second-order valence-corrected chi connectivity index (χ2v) is 4.64. The zero-order valence-corrected chi connectivity index (χ0v) is 8.50. The molecule has 68 valence electrons. The number of rotatable bonds is 0. The van der Waals surface area contributed by atoms with Crippen LogP contribution in [0.5, 0.6) is 0 Å². The fourth-order valence-corrected chi connectivity index (χ4v) is 3.33. The molecule has 0 aliphatic heterocycles. The molecule has 4 nitrogen and oxygen atoms in total. The summed E-state index contributed by atoms with van der Waals surface area (Å²) < 4.78 is 1.48. The summed E-state index contributed by atoms with van der Waals surface area (Å²) in [4.78, 5) is 0.447. The Bertz CT molecular complexity index is 593. The van der Waals surface area contributed by atoms with Gasteiger partial charge in [0.15, 0.2) is 0 Å². The molecule has 0 aliphatic rings. The van der Waals surface area contributed by atoms with Gasteiger partial charge >= 0.3 is 0 Å². The molecule has 6 heteroatoms. The molecule has 0 unspecified atom stereocenters. The number of anilines is 2. The zero-order chi connectivity index (χ0) is 10.3. The number of nitrogens with zero attached hydrogens (tertiary/aromatic N) is 2. The molecule has 2 aromatic rings. The molecule has 2 rings (SSSR count). The first-order valence-electron chi connectivity index (χ1n) is 3.59. The average molecular weight is 220 g/mol. The Labute approximate surface area is 87.6 Å². The van der Waals surface area contributed by atoms with Crippen LogP contribution >= 0.6 is 22.7 Å². The van der Waals surface area contributed by atoms with Crippen molar-refractivity contribution in [2.45, 2.75) is 0 Å². The van der Waals surface area contributed by atoms with Crippen LogP contribution in [0.25, 0.3) is 9.40 Å². The van der Waals surface area contributed by atoms with Gasteiger partial charge in [0.25, 0.3) is 0 Å². The van der Waals surface area contributed by atoms with Crippen LogP contribution in [0.4, 0.5) is 10.7 Å². The second kappa shape index (κ2) is 2.88. The molecule has 0 saturated carbocycles. The summed E-state index contributed by atoms with van der Waals surface area (Å²) in [7, 11) is 0. The first-order valence-corrected chi connectivity index (χ1v) is 5.22. The van der Waals surface area contributed by atoms with Gasteiger partial charge < -0.3 is 11.5 Å². The Balaban J connectivity index is 2.93. The molecule has 0 aromatic carbocycles. The number of nitrogen functional groups attached to an aromatic ring is 2. The van der Waals surface area contributed by atoms with Crippen molar-refractivity contribution in [3.8, 4) is 12.1 Å². The van der Waals surface area contributed by atoms with Gasteiger partial charge in [0.1, 0.15) is 27.6 Å². The van der Waals surface area contributed by atoms with Crippen LogP contribution in [0.15, 0.2) is 0 Å². The van der Waals surface area contributed by atoms with Crippen LogP contribution in [0.1, 0.15) is 10.4 Å². The minimum absolute atomic E-state index is 0.434. The highest BCUT2D eigenvalue weighted by Crippen LogP contribution is 2.43. The minimum atomic E-state index is 0.434. The molecule has 2 heterocycles. The molecule has 0 aliphatic carbocycles. The first kappa shape index (κ1) is 8.82. The monoisotopic (exact) mass is 220 g/mol. The number of nitrogens with two attached hydrogens (primary N) is 2. The Morgan fingerprint density at radius 3 is 2.29 bits per heavy atom. The third-order valence-electron chi connectivity index (χ3n) is 1.80. The lowest BCUT2D eigenvalue weighted by atomic mass is 10.3. The average Bonchev–Trinajstić information content (AvgIpc) is 2.63. The Morgan fingerprint density at radius 1 is 1.00 bits per heavy atom. The maximum absolute atomic E-state index is 8.84. The zero-order valence-electron chi connectivity index (χ0n) is 6.87. The first-order chi connectivity index (χ1) is 6.69. The minimum Gasteiger partial charge on any atom is -0.396 e. The lowest BCUT2D eigenvalue weighted by molar-refractivity contribution is 1.52. The van der Waals surface area contributed by atoms with Crippen molar-refractivity contribution in [1.29, 1.82) is 10.5 Å². The fourth-order valence-electron chi connectivity index (χ4n) is 1.16. The molecule has 0 amide bonds. The van der Waals surface area contributed by atoms with Crippen LogP contribution < -0.4 is 11.5 Å². The molecule has 14 heavy (non-hydrogen) atoms. The van der Waals surface area contributed by atoms with Crippen LogP contribution in [0.3, 0.4) is 0 Å². The number of thiophene rings is 2. The van der Waals surface area contributed by atoms with Crippen molar-refractivity contribution < 1.29 is 0 Å². The van der Waals surface area contributed by atoms with E-state index in [4.69, 9.17) is 22.0 Å². The van der Waals surface area contributed by atoms with Crippen LogP contribution in [-0.2, 0) is 0 Å². The third-order valence-corrected chi connectivity index (χ3v) is 4.11. The van der Waals surface area contributed by atoms with E-state index in [1.54, 1.807) is 0 Å². The highest BCUT2D eigenvalue weighted by atomic mass is 32.1. The molecule has 0 fully saturated rings. The number of hydrogen-bond donors (Lipinski definition) is 2. The predicted octanol–water partition coefficient (Wildman–Crippen LogP) is 1.87. The summed E-state index contributed by atoms with van der Waals surface area (Å²) in [5, 5.41) is 18.0. The van der Waals surface area contributed by atoms with Gasteiger partial charge in [-0.3, -0.25) is 0 Å². The van der Waals surface area contributed by atoms with Crippen LogP contribution in [-0.4, -0.2) is 0 Å². The molecule has 0 saturated heterocycles. The molecule has 0 spiro atoms. The highest BCUT2D eigenvalue weighted by molar-refractivity contribution is 7.31. The van der Waals surface area contributed by atoms with E-state index < -0.39 is 0 Å². The third kappa shape index (κ3) is 0.956. The number of hydrogen-bond acceptors (Lipinski definition) is 6. The van der Waals surface area contributed by atoms with Gasteiger partial charge in [0.05, 0.1) is 15.1 Å². The van der Waals surface area contributed by atoms with E-state index in [-0.39, 0.29) is 0 Å². The molecular formula is C8H4N4S2. The SMILES string of the molecule is N#Cc1sc2c(C#N)c(N)sc2c1N. The Hall–Kier alpha value is -1.76. The Morgan fingerprint density at radius 2 is 1.71 bits per heavy atom. The smallest absolute Gasteiger partial charge is 0.129 e. The van der Waals surface area contributed by atoms with Gasteiger partial charge in [0.2, 0.25) is 0 Å². The maximum atomic E-state index is 8.84. The van der Waals surface area contributed by atoms with Gasteiger partial charge in [0, 0.05) is 0 Å². The van der Waals surface area contributed by atoms with E-state index in [1.807, 2.05) is 12.1 Å². The summed E-state index contributed by atoms with van der Waals surface area (Å²) in [5.41, 5.74) is 12.2. The molecule has 0 bridgehead atoms. The van der Waals surface area contributed by atoms with Crippen molar-refractivity contribution in [1.82, 2.24) is 0 Å². The van der Waals surface area contributed by atoms with Crippen molar-refractivity contribution >= 4 is 42.8 Å². The lowest BCUT2D eigenvalue weighted by Crippen LogP contribution is -1.83. The Kier molecular flexibility index (Phi) is 1.81. The maximum Gasteiger partial charge on any atom is 0.129 e. The normalized spacial score (nSPS) is 9.86. The van der Waals surface area contributed by atoms with Crippen molar-refractivity contribution in [3.63, 3.8) is 0 Å². The molecular weight excluding hydrogens is 216 g/mol. The van der Waals surface area contributed by atoms with E-state index in [2.05, 4.69) is 0 Å². The standard InChI is InChI=1S/C8H4N4S2/c9-1-3-6-7(14-8(3)12)5(11)4(2-10)13-6/h11-12H2. The molecule has 2 aromatic heterocycles. The van der Waals surface area contributed by atoms with E-state index in [0.29, 0.717) is 21.1 Å². The van der Waals surface area contributed by atoms with E-state index in [0.717, 1.165) is 9.40 Å². The van der Waals surface area contributed by atoms with E-state index >= 15 is 0 Å². The number of fused-ring (bicyclic) bond motifs is 1. The van der Waals surface area contributed by atoms with E-state index in [1.165, 1.54) is 22.7 Å². The van der Waals surface area contributed by atoms with Crippen LogP contribution in [0.2, 0.25) is 0 Å². The molecule has 4 N–H and O–H groups in total. The summed E-state index contributed by atoms with van der Waals surface area (Å²) in [6, 6.07) is 4.01. The summed E-state index contributed by atoms with van der Waals surface area (Å²) in [5.74, 6) is 0. The summed E-state index contributed by atoms with van der Waals surface area (Å²) in [6.07, 6.45) is 0. The molecule has 0 radical (unpaired) electrons. The predicted molar refractivity (Wildman–Crippen MR) is 58.0 cm³/mol. The highest BCUT2D eigenvalue weighted by Gasteiger charge is 2.17. The lowest BCUT2D eigenvalue weighted by Gasteiger charge is -1.85. The number of nitriles is 2. The van der Waals surface area contributed by atoms with Crippen molar-refractivity contribution in [2.24, 2.45) is 0 Å². The summed E-state index contributed by atoms with van der Waals surface area (Å²) >= 11 is 2.47. The van der Waals surface area contributed by atoms with Crippen LogP contribution in [0, 0.1) is 22.7 Å². The van der Waals surface area contributed by atoms with Gasteiger partial charge in [-0.05, 0) is 0 Å². The fraction of sp³-hybridized carbons (Fsp3) is 0. The largest absolute Gasteiger partial charge is 0.396 e. The quantitative estimate of drug-likeness (QED) is 0.707. The van der Waals surface area contributed by atoms with Gasteiger partial charge in [-0.15, -0.1) is 22.7 Å².